The molecule has 8 heavy (non-hydrogen) atoms. The number of ether oxygens (including phenoxy) is 1. The van der Waals surface area contributed by atoms with Gasteiger partial charge in [-0.25, -0.2) is 0 Å². The van der Waals surface area contributed by atoms with Gasteiger partial charge in [-0.3, -0.25) is 0 Å². The summed E-state index contributed by atoms with van der Waals surface area (Å²) in [4.78, 5) is 12.3. The fourth-order valence-electron chi connectivity index (χ4n) is 0.0527. The van der Waals surface area contributed by atoms with E-state index in [-0.39, 0.29) is 24.8 Å². The predicted octanol–water partition coefficient (Wildman–Crippen LogP) is -1.86. The highest BCUT2D eigenvalue weighted by molar-refractivity contribution is 5.85. The van der Waals surface area contributed by atoms with Crippen molar-refractivity contribution in [1.82, 2.24) is 0 Å². The van der Waals surface area contributed by atoms with E-state index in [1.165, 1.54) is 7.11 Å². The molecule has 5 heteroatoms. The van der Waals surface area contributed by atoms with Crippen LogP contribution in [0.1, 0.15) is 0 Å². The Bertz CT molecular complexity index is 97.9. The van der Waals surface area contributed by atoms with E-state index in [0.717, 1.165) is 0 Å². The molecular formula is C3H5Cl2NO2. The summed E-state index contributed by atoms with van der Waals surface area (Å²) in [6, 6.07) is 0. The molecule has 0 bridgehead atoms. The summed E-state index contributed by atoms with van der Waals surface area (Å²) in [5, 5.41) is 0. The Kier molecular flexibility index (Phi) is 19.0. The zero-order valence-electron chi connectivity index (χ0n) is 4.13. The fraction of sp³-hybridized carbons (Fsp3) is 0.333. The first-order chi connectivity index (χ1) is 2.81. The van der Waals surface area contributed by atoms with Crippen molar-refractivity contribution in [2.24, 2.45) is 0 Å². The number of methoxy groups -OCH3 is 1. The van der Waals surface area contributed by atoms with Gasteiger partial charge >= 0.3 is 6.09 Å². The maximum absolute atomic E-state index is 9.67. The average molecular weight is 158 g/mol. The van der Waals surface area contributed by atoms with Crippen molar-refractivity contribution in [3.05, 3.63) is 4.85 Å². The van der Waals surface area contributed by atoms with Crippen molar-refractivity contribution in [3.8, 4) is 6.57 Å². The normalized spacial score (nSPS) is 4.50. The third kappa shape index (κ3) is 9.11. The Balaban J connectivity index is -0.000000125. The van der Waals surface area contributed by atoms with E-state index in [1.807, 2.05) is 0 Å². The first-order valence-electron chi connectivity index (χ1n) is 1.30. The number of amides is 1. The Labute approximate surface area is 59.7 Å². The molecule has 0 spiro atoms. The van der Waals surface area contributed by atoms with Crippen molar-refractivity contribution in [3.63, 3.8) is 0 Å². The molecule has 48 valence electrons. The van der Waals surface area contributed by atoms with E-state index in [1.54, 1.807) is 0 Å². The molecule has 0 saturated carbocycles. The van der Waals surface area contributed by atoms with Crippen molar-refractivity contribution in [2.75, 3.05) is 7.11 Å². The highest BCUT2D eigenvalue weighted by Crippen LogP contribution is 1.72. The van der Waals surface area contributed by atoms with Gasteiger partial charge in [-0.2, -0.15) is 4.79 Å². The van der Waals surface area contributed by atoms with E-state index < -0.39 is 6.09 Å². The molecule has 0 aromatic heterocycles. The molecule has 3 nitrogen and oxygen atoms in total. The Hall–Kier alpha value is -0.460. The molecule has 0 fully saturated rings. The van der Waals surface area contributed by atoms with E-state index in [0.29, 0.717) is 0 Å². The number of carbonyl (C=O) groups excluding carboxylic acids is 1. The van der Waals surface area contributed by atoms with Crippen LogP contribution in [0.3, 0.4) is 0 Å². The monoisotopic (exact) mass is 157 g/mol. The van der Waals surface area contributed by atoms with Gasteiger partial charge in [-0.05, 0) is 0 Å². The van der Waals surface area contributed by atoms with Gasteiger partial charge in [0.05, 0.1) is 12.0 Å². The SMILES string of the molecule is C#[N+]C(=O)OC.Cl.[Cl-]. The number of carbonyl (C=O) groups is 1. The minimum Gasteiger partial charge on any atom is -1.00 e. The minimum absolute atomic E-state index is 0. The summed E-state index contributed by atoms with van der Waals surface area (Å²) in [7, 11) is 1.21. The molecule has 0 aliphatic carbocycles. The summed E-state index contributed by atoms with van der Waals surface area (Å²) >= 11 is 0. The van der Waals surface area contributed by atoms with Crippen LogP contribution in [-0.2, 0) is 4.74 Å². The fourth-order valence-corrected chi connectivity index (χ4v) is 0.0527. The highest BCUT2D eigenvalue weighted by atomic mass is 35.5. The third-order valence-electron chi connectivity index (χ3n) is 0.280. The van der Waals surface area contributed by atoms with E-state index in [4.69, 9.17) is 0 Å². The molecule has 0 heterocycles. The van der Waals surface area contributed by atoms with Crippen LogP contribution in [0.5, 0.6) is 0 Å². The van der Waals surface area contributed by atoms with E-state index in [2.05, 4.69) is 16.2 Å². The number of nitrogens with zero attached hydrogens (tertiary/aromatic N) is 1. The quantitative estimate of drug-likeness (QED) is 0.414. The Morgan fingerprint density at radius 1 is 1.75 bits per heavy atom. The highest BCUT2D eigenvalue weighted by Gasteiger charge is 2.04. The van der Waals surface area contributed by atoms with Crippen LogP contribution in [-0.4, -0.2) is 13.2 Å². The summed E-state index contributed by atoms with van der Waals surface area (Å²) in [5.41, 5.74) is 0. The van der Waals surface area contributed by atoms with Gasteiger partial charge in [0.1, 0.15) is 0 Å². The van der Waals surface area contributed by atoms with Crippen LogP contribution >= 0.6 is 12.4 Å². The van der Waals surface area contributed by atoms with Crippen LogP contribution in [0.15, 0.2) is 0 Å². The number of halogens is 2. The van der Waals surface area contributed by atoms with E-state index >= 15 is 0 Å². The van der Waals surface area contributed by atoms with Gasteiger partial charge in [0.25, 0.3) is 6.57 Å². The Morgan fingerprint density at radius 3 is 2.12 bits per heavy atom. The molecule has 0 aliphatic rings. The largest absolute Gasteiger partial charge is 1.00 e. The lowest BCUT2D eigenvalue weighted by Crippen LogP contribution is -3.00. The van der Waals surface area contributed by atoms with Crippen molar-refractivity contribution < 1.29 is 21.9 Å². The lowest BCUT2D eigenvalue weighted by molar-refractivity contribution is -0.00000601. The molecule has 0 radical (unpaired) electrons. The van der Waals surface area contributed by atoms with Crippen LogP contribution in [0, 0.1) is 6.57 Å². The van der Waals surface area contributed by atoms with Crippen molar-refractivity contribution >= 4 is 18.5 Å². The smallest absolute Gasteiger partial charge is 0.727 e. The van der Waals surface area contributed by atoms with Gasteiger partial charge in [0, 0.05) is 0 Å². The average Bonchev–Trinajstić information content (AvgIpc) is 1.65. The van der Waals surface area contributed by atoms with Gasteiger partial charge in [-0.15, -0.1) is 12.4 Å². The molecule has 0 aromatic rings. The van der Waals surface area contributed by atoms with Gasteiger partial charge in [0.15, 0.2) is 0 Å². The van der Waals surface area contributed by atoms with Gasteiger partial charge < -0.3 is 17.1 Å². The van der Waals surface area contributed by atoms with Gasteiger partial charge in [-0.1, -0.05) is 0 Å². The predicted molar refractivity (Wildman–Crippen MR) is 28.0 cm³/mol. The summed E-state index contributed by atoms with van der Waals surface area (Å²) in [6.07, 6.45) is -0.755. The van der Waals surface area contributed by atoms with Crippen LogP contribution in [0.2, 0.25) is 0 Å². The van der Waals surface area contributed by atoms with E-state index in [9.17, 15) is 4.79 Å². The lowest BCUT2D eigenvalue weighted by Gasteiger charge is -1.67. The minimum atomic E-state index is -0.755. The maximum atomic E-state index is 9.67. The zero-order chi connectivity index (χ0) is 4.99. The van der Waals surface area contributed by atoms with Crippen molar-refractivity contribution in [1.29, 1.82) is 0 Å². The molecule has 0 N–H and O–H groups in total. The maximum Gasteiger partial charge on any atom is 0.727 e. The summed E-state index contributed by atoms with van der Waals surface area (Å²) in [5.74, 6) is 0. The molecular weight excluding hydrogens is 153 g/mol. The second kappa shape index (κ2) is 9.74. The Morgan fingerprint density at radius 2 is 2.12 bits per heavy atom. The lowest BCUT2D eigenvalue weighted by atomic mass is 11.2. The summed E-state index contributed by atoms with van der Waals surface area (Å²) < 4.78 is 3.97. The molecule has 0 rings (SSSR count). The second-order valence-electron chi connectivity index (χ2n) is 0.599. The third-order valence-corrected chi connectivity index (χ3v) is 0.280. The van der Waals surface area contributed by atoms with Crippen LogP contribution in [0.4, 0.5) is 4.79 Å². The topological polar surface area (TPSA) is 30.7 Å². The summed E-state index contributed by atoms with van der Waals surface area (Å²) in [6.45, 7) is 4.43. The molecule has 0 unspecified atom stereocenters. The zero-order valence-corrected chi connectivity index (χ0v) is 5.70. The standard InChI is InChI=1S/C3H4NO2.2ClH/c1-4-3(5)6-2;;/h1H,2H3;2*1H/q+1;;/p-1. The van der Waals surface area contributed by atoms with Crippen LogP contribution in [0.25, 0.3) is 4.85 Å². The molecule has 0 saturated heterocycles. The second-order valence-corrected chi connectivity index (χ2v) is 0.599. The number of hydrogen-bond donors (Lipinski definition) is 0. The number of hydrogen-bond acceptors (Lipinski definition) is 2. The number of rotatable bonds is 0. The molecule has 0 aromatic carbocycles. The van der Waals surface area contributed by atoms with Crippen LogP contribution < -0.4 is 12.4 Å². The van der Waals surface area contributed by atoms with Crippen molar-refractivity contribution in [2.45, 2.75) is 0 Å². The van der Waals surface area contributed by atoms with Gasteiger partial charge in [0.2, 0.25) is 0 Å². The molecule has 0 aliphatic heterocycles. The first kappa shape index (κ1) is 15.6. The molecule has 1 amide bonds. The molecule has 0 atom stereocenters. The first-order valence-corrected chi connectivity index (χ1v) is 1.30.